The highest BCUT2D eigenvalue weighted by atomic mass is 79.9. The number of nitrogens with zero attached hydrogens (tertiary/aromatic N) is 1. The van der Waals surface area contributed by atoms with Crippen molar-refractivity contribution < 1.29 is 0 Å². The highest BCUT2D eigenvalue weighted by Crippen LogP contribution is 2.22. The van der Waals surface area contributed by atoms with Crippen LogP contribution >= 0.6 is 27.3 Å². The lowest BCUT2D eigenvalue weighted by molar-refractivity contribution is 0.177. The smallest absolute Gasteiger partial charge is 0.0701 e. The summed E-state index contributed by atoms with van der Waals surface area (Å²) in [7, 11) is 2.22. The molecular weight excluding hydrogens is 308 g/mol. The quantitative estimate of drug-likeness (QED) is 0.812. The largest absolute Gasteiger partial charge is 0.313 e. The monoisotopic (exact) mass is 332 g/mol. The van der Waals surface area contributed by atoms with Crippen molar-refractivity contribution in [3.8, 4) is 0 Å². The van der Waals surface area contributed by atoms with Gasteiger partial charge in [0.05, 0.1) is 3.79 Å². The lowest BCUT2D eigenvalue weighted by Crippen LogP contribution is -2.44. The van der Waals surface area contributed by atoms with Crippen molar-refractivity contribution in [1.82, 2.24) is 10.2 Å². The van der Waals surface area contributed by atoms with E-state index >= 15 is 0 Å². The first-order valence-electron chi connectivity index (χ1n) is 6.56. The van der Waals surface area contributed by atoms with Crippen molar-refractivity contribution in [1.29, 1.82) is 0 Å². The average molecular weight is 333 g/mol. The second-order valence-electron chi connectivity index (χ2n) is 5.55. The van der Waals surface area contributed by atoms with Gasteiger partial charge in [-0.15, -0.1) is 11.3 Å². The molecule has 0 aromatic carbocycles. The maximum atomic E-state index is 3.55. The molecule has 1 rings (SSSR count). The Kier molecular flexibility index (Phi) is 6.85. The summed E-state index contributed by atoms with van der Waals surface area (Å²) in [6, 6.07) is 3.34. The van der Waals surface area contributed by atoms with Crippen LogP contribution in [0, 0.1) is 5.92 Å². The standard InChI is InChI=1S/C14H25BrN2S/c1-10(2)13(7-16-11(3)4)17(5)8-12-6-14(15)18-9-12/h6,9-11,13,16H,7-8H2,1-5H3. The Morgan fingerprint density at radius 2 is 2.00 bits per heavy atom. The molecule has 0 aliphatic heterocycles. The van der Waals surface area contributed by atoms with Gasteiger partial charge < -0.3 is 5.32 Å². The Balaban J connectivity index is 2.56. The van der Waals surface area contributed by atoms with Gasteiger partial charge in [-0.25, -0.2) is 0 Å². The summed E-state index contributed by atoms with van der Waals surface area (Å²) in [5, 5.41) is 5.78. The molecule has 1 unspecified atom stereocenters. The Hall–Kier alpha value is 0.100. The van der Waals surface area contributed by atoms with Crippen molar-refractivity contribution in [2.24, 2.45) is 5.92 Å². The van der Waals surface area contributed by atoms with Gasteiger partial charge in [-0.05, 0) is 45.9 Å². The van der Waals surface area contributed by atoms with E-state index in [1.807, 2.05) is 0 Å². The molecule has 1 aromatic rings. The molecule has 4 heteroatoms. The lowest BCUT2D eigenvalue weighted by atomic mass is 10.0. The van der Waals surface area contributed by atoms with E-state index in [-0.39, 0.29) is 0 Å². The van der Waals surface area contributed by atoms with Crippen molar-refractivity contribution >= 4 is 27.3 Å². The van der Waals surface area contributed by atoms with Gasteiger partial charge in [0.2, 0.25) is 0 Å². The molecule has 0 aliphatic carbocycles. The summed E-state index contributed by atoms with van der Waals surface area (Å²) in [5.41, 5.74) is 1.39. The summed E-state index contributed by atoms with van der Waals surface area (Å²) < 4.78 is 1.22. The number of hydrogen-bond donors (Lipinski definition) is 1. The zero-order valence-electron chi connectivity index (χ0n) is 12.0. The average Bonchev–Trinajstić information content (AvgIpc) is 2.63. The molecule has 1 aromatic heterocycles. The molecule has 104 valence electrons. The van der Waals surface area contributed by atoms with Gasteiger partial charge in [-0.3, -0.25) is 4.90 Å². The topological polar surface area (TPSA) is 15.3 Å². The first kappa shape index (κ1) is 16.2. The van der Waals surface area contributed by atoms with E-state index in [1.165, 1.54) is 9.35 Å². The van der Waals surface area contributed by atoms with Gasteiger partial charge in [0.1, 0.15) is 0 Å². The Bertz CT molecular complexity index is 349. The van der Waals surface area contributed by atoms with Crippen LogP contribution in [0.15, 0.2) is 15.2 Å². The van der Waals surface area contributed by atoms with Crippen molar-refractivity contribution in [3.63, 3.8) is 0 Å². The predicted octanol–water partition coefficient (Wildman–Crippen LogP) is 3.97. The highest BCUT2D eigenvalue weighted by molar-refractivity contribution is 9.11. The minimum absolute atomic E-state index is 0.551. The van der Waals surface area contributed by atoms with Crippen LogP contribution < -0.4 is 5.32 Å². The molecule has 0 aliphatic rings. The Labute approximate surface area is 124 Å². The van der Waals surface area contributed by atoms with E-state index in [9.17, 15) is 0 Å². The van der Waals surface area contributed by atoms with Crippen molar-refractivity contribution in [2.45, 2.75) is 46.3 Å². The molecule has 0 spiro atoms. The molecule has 1 heterocycles. The number of nitrogens with one attached hydrogen (secondary N) is 1. The van der Waals surface area contributed by atoms with Crippen LogP contribution in [-0.4, -0.2) is 30.6 Å². The van der Waals surface area contributed by atoms with Crippen LogP contribution in [0.5, 0.6) is 0 Å². The Morgan fingerprint density at radius 1 is 1.33 bits per heavy atom. The van der Waals surface area contributed by atoms with Crippen LogP contribution in [0.3, 0.4) is 0 Å². The lowest BCUT2D eigenvalue weighted by Gasteiger charge is -2.32. The van der Waals surface area contributed by atoms with Gasteiger partial charge in [-0.2, -0.15) is 0 Å². The van der Waals surface area contributed by atoms with E-state index in [2.05, 4.69) is 72.3 Å². The second-order valence-corrected chi connectivity index (χ2v) is 7.84. The summed E-state index contributed by atoms with van der Waals surface area (Å²) in [4.78, 5) is 2.45. The third-order valence-electron chi connectivity index (χ3n) is 3.12. The summed E-state index contributed by atoms with van der Waals surface area (Å²) in [6.07, 6.45) is 0. The van der Waals surface area contributed by atoms with E-state index < -0.39 is 0 Å². The minimum atomic E-state index is 0.551. The zero-order valence-corrected chi connectivity index (χ0v) is 14.4. The highest BCUT2D eigenvalue weighted by Gasteiger charge is 2.19. The zero-order chi connectivity index (χ0) is 13.7. The third kappa shape index (κ3) is 5.39. The van der Waals surface area contributed by atoms with Gasteiger partial charge in [0, 0.05) is 25.2 Å². The van der Waals surface area contributed by atoms with E-state index in [0.29, 0.717) is 18.0 Å². The molecule has 1 N–H and O–H groups in total. The summed E-state index contributed by atoms with van der Waals surface area (Å²) >= 11 is 5.28. The fourth-order valence-electron chi connectivity index (χ4n) is 2.09. The number of likely N-dealkylation sites (N-methyl/N-ethyl adjacent to an activating group) is 1. The van der Waals surface area contributed by atoms with E-state index in [1.54, 1.807) is 11.3 Å². The molecule has 0 bridgehead atoms. The van der Waals surface area contributed by atoms with Gasteiger partial charge in [0.25, 0.3) is 0 Å². The van der Waals surface area contributed by atoms with Crippen molar-refractivity contribution in [3.05, 3.63) is 20.8 Å². The number of hydrogen-bond acceptors (Lipinski definition) is 3. The number of halogens is 1. The number of thiophene rings is 1. The second kappa shape index (κ2) is 7.63. The molecular formula is C14H25BrN2S. The SMILES string of the molecule is CC(C)NCC(C(C)C)N(C)Cc1csc(Br)c1. The molecule has 0 fully saturated rings. The maximum Gasteiger partial charge on any atom is 0.0701 e. The Morgan fingerprint density at radius 3 is 2.44 bits per heavy atom. The molecule has 0 amide bonds. The molecule has 2 nitrogen and oxygen atoms in total. The van der Waals surface area contributed by atoms with Crippen LogP contribution in [0.25, 0.3) is 0 Å². The molecule has 18 heavy (non-hydrogen) atoms. The molecule has 0 radical (unpaired) electrons. The van der Waals surface area contributed by atoms with E-state index in [0.717, 1.165) is 13.1 Å². The number of rotatable bonds is 7. The fourth-order valence-corrected chi connectivity index (χ4v) is 3.29. The van der Waals surface area contributed by atoms with Crippen LogP contribution in [-0.2, 0) is 6.54 Å². The third-order valence-corrected chi connectivity index (χ3v) is 4.68. The van der Waals surface area contributed by atoms with Gasteiger partial charge in [0.15, 0.2) is 0 Å². The summed E-state index contributed by atoms with van der Waals surface area (Å²) in [6.45, 7) is 11.1. The normalized spacial score (nSPS) is 13.8. The minimum Gasteiger partial charge on any atom is -0.313 e. The van der Waals surface area contributed by atoms with E-state index in [4.69, 9.17) is 0 Å². The molecule has 1 atom stereocenters. The molecule has 0 saturated heterocycles. The van der Waals surface area contributed by atoms with Crippen LogP contribution in [0.4, 0.5) is 0 Å². The predicted molar refractivity (Wildman–Crippen MR) is 85.3 cm³/mol. The first-order valence-corrected chi connectivity index (χ1v) is 8.24. The van der Waals surface area contributed by atoms with Crippen LogP contribution in [0.2, 0.25) is 0 Å². The van der Waals surface area contributed by atoms with Gasteiger partial charge >= 0.3 is 0 Å². The summed E-state index contributed by atoms with van der Waals surface area (Å²) in [5.74, 6) is 0.656. The molecule has 0 saturated carbocycles. The van der Waals surface area contributed by atoms with Crippen LogP contribution in [0.1, 0.15) is 33.3 Å². The maximum absolute atomic E-state index is 3.55. The van der Waals surface area contributed by atoms with Crippen molar-refractivity contribution in [2.75, 3.05) is 13.6 Å². The van der Waals surface area contributed by atoms with Gasteiger partial charge in [-0.1, -0.05) is 27.7 Å². The fraction of sp³-hybridized carbons (Fsp3) is 0.714. The first-order chi connectivity index (χ1) is 8.40.